The summed E-state index contributed by atoms with van der Waals surface area (Å²) in [5.74, 6) is 0. The van der Waals surface area contributed by atoms with Crippen molar-refractivity contribution in [1.29, 1.82) is 0 Å². The van der Waals surface area contributed by atoms with Crippen molar-refractivity contribution < 1.29 is 0 Å². The summed E-state index contributed by atoms with van der Waals surface area (Å²) < 4.78 is 0. The Bertz CT molecular complexity index is 719. The molecule has 0 atom stereocenters. The Balaban J connectivity index is 1.49. The molecule has 1 aromatic heterocycles. The van der Waals surface area contributed by atoms with Crippen molar-refractivity contribution in [3.05, 3.63) is 76.8 Å². The minimum Gasteiger partial charge on any atom is -0.312 e. The van der Waals surface area contributed by atoms with Crippen LogP contribution in [0.3, 0.4) is 0 Å². The molecular formula is C19H20N2S. The molecule has 0 bridgehead atoms. The first kappa shape index (κ1) is 14.9. The number of nitrogens with zero attached hydrogens (tertiary/aromatic N) is 1. The van der Waals surface area contributed by atoms with Gasteiger partial charge in [0.2, 0.25) is 0 Å². The molecule has 0 saturated carbocycles. The van der Waals surface area contributed by atoms with E-state index >= 15 is 0 Å². The summed E-state index contributed by atoms with van der Waals surface area (Å²) >= 11 is 1.72. The third kappa shape index (κ3) is 4.03. The quantitative estimate of drug-likeness (QED) is 0.680. The van der Waals surface area contributed by atoms with E-state index in [-0.39, 0.29) is 0 Å². The molecule has 0 aliphatic rings. The zero-order valence-electron chi connectivity index (χ0n) is 12.8. The summed E-state index contributed by atoms with van der Waals surface area (Å²) in [6.45, 7) is 3.99. The first-order valence-electron chi connectivity index (χ1n) is 7.57. The number of aryl methyl sites for hydroxylation is 1. The highest BCUT2D eigenvalue weighted by Crippen LogP contribution is 2.23. The van der Waals surface area contributed by atoms with Gasteiger partial charge in [-0.05, 0) is 12.5 Å². The van der Waals surface area contributed by atoms with E-state index in [1.807, 2.05) is 6.07 Å². The first-order chi connectivity index (χ1) is 10.8. The summed E-state index contributed by atoms with van der Waals surface area (Å²) in [5.41, 5.74) is 5.02. The third-order valence-electron chi connectivity index (χ3n) is 3.54. The summed E-state index contributed by atoms with van der Waals surface area (Å²) in [7, 11) is 0. The molecule has 3 rings (SSSR count). The standard InChI is InChI=1S/C19H20N2S/c1-15-6-5-7-16(12-15)13-20-11-10-18-14-22-19(21-18)17-8-3-2-4-9-17/h2-9,12,14,20H,10-11,13H2,1H3. The Kier molecular flexibility index (Phi) is 4.99. The molecule has 2 nitrogen and oxygen atoms in total. The van der Waals surface area contributed by atoms with Crippen molar-refractivity contribution in [2.75, 3.05) is 6.54 Å². The molecule has 0 spiro atoms. The highest BCUT2D eigenvalue weighted by atomic mass is 32.1. The zero-order chi connectivity index (χ0) is 15.2. The van der Waals surface area contributed by atoms with Crippen LogP contribution in [0, 0.1) is 6.92 Å². The maximum atomic E-state index is 4.72. The van der Waals surface area contributed by atoms with Gasteiger partial charge >= 0.3 is 0 Å². The van der Waals surface area contributed by atoms with E-state index in [1.165, 1.54) is 22.4 Å². The predicted octanol–water partition coefficient (Wildman–Crippen LogP) is 4.45. The van der Waals surface area contributed by atoms with Crippen molar-refractivity contribution in [3.8, 4) is 10.6 Å². The van der Waals surface area contributed by atoms with Crippen LogP contribution in [0.5, 0.6) is 0 Å². The number of rotatable bonds is 6. The fourth-order valence-electron chi connectivity index (χ4n) is 2.41. The number of benzene rings is 2. The lowest BCUT2D eigenvalue weighted by molar-refractivity contribution is 0.681. The number of hydrogen-bond donors (Lipinski definition) is 1. The van der Waals surface area contributed by atoms with E-state index in [2.05, 4.69) is 66.2 Å². The van der Waals surface area contributed by atoms with Crippen LogP contribution >= 0.6 is 11.3 Å². The Labute approximate surface area is 135 Å². The van der Waals surface area contributed by atoms with Crippen LogP contribution in [-0.2, 0) is 13.0 Å². The van der Waals surface area contributed by atoms with Crippen molar-refractivity contribution in [2.45, 2.75) is 19.9 Å². The summed E-state index contributed by atoms with van der Waals surface area (Å²) in [5, 5.41) is 6.76. The van der Waals surface area contributed by atoms with Crippen LogP contribution < -0.4 is 5.32 Å². The average molecular weight is 308 g/mol. The molecule has 2 aromatic carbocycles. The van der Waals surface area contributed by atoms with Crippen molar-refractivity contribution in [1.82, 2.24) is 10.3 Å². The van der Waals surface area contributed by atoms with E-state index in [0.29, 0.717) is 0 Å². The van der Waals surface area contributed by atoms with Gasteiger partial charge < -0.3 is 5.32 Å². The number of nitrogens with one attached hydrogen (secondary N) is 1. The zero-order valence-corrected chi connectivity index (χ0v) is 13.6. The van der Waals surface area contributed by atoms with Gasteiger partial charge in [-0.1, -0.05) is 60.2 Å². The SMILES string of the molecule is Cc1cccc(CNCCc2csc(-c3ccccc3)n2)c1. The molecule has 0 radical (unpaired) electrons. The van der Waals surface area contributed by atoms with Crippen molar-refractivity contribution in [3.63, 3.8) is 0 Å². The molecule has 0 aliphatic heterocycles. The third-order valence-corrected chi connectivity index (χ3v) is 4.48. The lowest BCUT2D eigenvalue weighted by Gasteiger charge is -2.04. The van der Waals surface area contributed by atoms with E-state index in [1.54, 1.807) is 11.3 Å². The van der Waals surface area contributed by atoms with Gasteiger partial charge in [-0.25, -0.2) is 4.98 Å². The van der Waals surface area contributed by atoms with Gasteiger partial charge in [-0.15, -0.1) is 11.3 Å². The second-order valence-electron chi connectivity index (χ2n) is 5.43. The summed E-state index contributed by atoms with van der Waals surface area (Å²) in [6, 6.07) is 19.0. The van der Waals surface area contributed by atoms with Crippen molar-refractivity contribution >= 4 is 11.3 Å². The smallest absolute Gasteiger partial charge is 0.123 e. The molecule has 3 aromatic rings. The van der Waals surface area contributed by atoms with Gasteiger partial charge in [0.25, 0.3) is 0 Å². The minimum absolute atomic E-state index is 0.914. The van der Waals surface area contributed by atoms with Gasteiger partial charge in [-0.2, -0.15) is 0 Å². The predicted molar refractivity (Wildman–Crippen MR) is 94.1 cm³/mol. The summed E-state index contributed by atoms with van der Waals surface area (Å²) in [6.07, 6.45) is 0.967. The molecule has 1 N–H and O–H groups in total. The van der Waals surface area contributed by atoms with Gasteiger partial charge in [-0.3, -0.25) is 0 Å². The summed E-state index contributed by atoms with van der Waals surface area (Å²) in [4.78, 5) is 4.72. The lowest BCUT2D eigenvalue weighted by atomic mass is 10.1. The highest BCUT2D eigenvalue weighted by molar-refractivity contribution is 7.13. The van der Waals surface area contributed by atoms with Gasteiger partial charge in [0.05, 0.1) is 5.69 Å². The molecule has 1 heterocycles. The van der Waals surface area contributed by atoms with Crippen LogP contribution in [0.15, 0.2) is 60.0 Å². The maximum Gasteiger partial charge on any atom is 0.123 e. The van der Waals surface area contributed by atoms with E-state index < -0.39 is 0 Å². The fraction of sp³-hybridized carbons (Fsp3) is 0.211. The largest absolute Gasteiger partial charge is 0.312 e. The second-order valence-corrected chi connectivity index (χ2v) is 6.28. The Morgan fingerprint density at radius 3 is 2.73 bits per heavy atom. The molecule has 0 amide bonds. The van der Waals surface area contributed by atoms with Gasteiger partial charge in [0.1, 0.15) is 5.01 Å². The Morgan fingerprint density at radius 1 is 1.05 bits per heavy atom. The number of hydrogen-bond acceptors (Lipinski definition) is 3. The molecule has 0 aliphatic carbocycles. The number of thiazole rings is 1. The van der Waals surface area contributed by atoms with E-state index in [4.69, 9.17) is 4.98 Å². The first-order valence-corrected chi connectivity index (χ1v) is 8.45. The maximum absolute atomic E-state index is 4.72. The monoisotopic (exact) mass is 308 g/mol. The Hall–Kier alpha value is -1.97. The van der Waals surface area contributed by atoms with Crippen LogP contribution in [0.4, 0.5) is 0 Å². The minimum atomic E-state index is 0.914. The van der Waals surface area contributed by atoms with Crippen molar-refractivity contribution in [2.24, 2.45) is 0 Å². The van der Waals surface area contributed by atoms with Crippen LogP contribution in [-0.4, -0.2) is 11.5 Å². The molecular weight excluding hydrogens is 288 g/mol. The lowest BCUT2D eigenvalue weighted by Crippen LogP contribution is -2.16. The molecule has 3 heteroatoms. The van der Waals surface area contributed by atoms with Crippen LogP contribution in [0.2, 0.25) is 0 Å². The van der Waals surface area contributed by atoms with Crippen LogP contribution in [0.1, 0.15) is 16.8 Å². The fourth-order valence-corrected chi connectivity index (χ4v) is 3.27. The van der Waals surface area contributed by atoms with Gasteiger partial charge in [0, 0.05) is 30.5 Å². The molecule has 0 unspecified atom stereocenters. The number of aromatic nitrogens is 1. The van der Waals surface area contributed by atoms with E-state index in [0.717, 1.165) is 24.5 Å². The topological polar surface area (TPSA) is 24.9 Å². The molecule has 112 valence electrons. The molecule has 0 fully saturated rings. The molecule has 22 heavy (non-hydrogen) atoms. The average Bonchev–Trinajstić information content (AvgIpc) is 3.01. The van der Waals surface area contributed by atoms with E-state index in [9.17, 15) is 0 Å². The molecule has 0 saturated heterocycles. The Morgan fingerprint density at radius 2 is 1.91 bits per heavy atom. The van der Waals surface area contributed by atoms with Gasteiger partial charge in [0.15, 0.2) is 0 Å². The highest BCUT2D eigenvalue weighted by Gasteiger charge is 2.04. The van der Waals surface area contributed by atoms with Crippen LogP contribution in [0.25, 0.3) is 10.6 Å². The second kappa shape index (κ2) is 7.34. The normalized spacial score (nSPS) is 10.8.